The second-order valence-electron chi connectivity index (χ2n) is 8.72. The van der Waals surface area contributed by atoms with E-state index in [4.69, 9.17) is 0 Å². The molecular weight excluding hydrogens is 430 g/mol. The molecule has 2 aliphatic rings. The normalized spacial score (nSPS) is 27.7. The summed E-state index contributed by atoms with van der Waals surface area (Å²) in [5.74, 6) is 1.22. The minimum absolute atomic E-state index is 0.0964. The van der Waals surface area contributed by atoms with Crippen LogP contribution < -0.4 is 10.0 Å². The van der Waals surface area contributed by atoms with Crippen molar-refractivity contribution in [1.82, 2.24) is 19.3 Å². The molecule has 0 spiro atoms. The van der Waals surface area contributed by atoms with E-state index in [1.54, 1.807) is 6.33 Å². The Balaban J connectivity index is 1.41. The zero-order valence-electron chi connectivity index (χ0n) is 18.0. The number of rotatable bonds is 6. The molecule has 0 unspecified atom stereocenters. The van der Waals surface area contributed by atoms with Gasteiger partial charge in [0.1, 0.15) is 17.8 Å². The second-order valence-corrected chi connectivity index (χ2v) is 10.2. The molecule has 2 heterocycles. The fourth-order valence-electron chi connectivity index (χ4n) is 5.12. The summed E-state index contributed by atoms with van der Waals surface area (Å²) in [6.45, 7) is 2.24. The van der Waals surface area contributed by atoms with E-state index in [0.29, 0.717) is 18.8 Å². The van der Waals surface area contributed by atoms with E-state index in [1.165, 1.54) is 11.1 Å². The average molecular weight is 458 g/mol. The van der Waals surface area contributed by atoms with Crippen molar-refractivity contribution in [1.29, 1.82) is 0 Å². The third kappa shape index (κ3) is 3.77. The lowest BCUT2D eigenvalue weighted by Crippen LogP contribution is -2.40. The lowest BCUT2D eigenvalue weighted by atomic mass is 10.0. The van der Waals surface area contributed by atoms with Crippen LogP contribution in [-0.4, -0.2) is 47.3 Å². The van der Waals surface area contributed by atoms with Gasteiger partial charge in [-0.2, -0.15) is 13.1 Å². The molecule has 10 heteroatoms. The molecule has 0 bridgehead atoms. The predicted molar refractivity (Wildman–Crippen MR) is 120 cm³/mol. The van der Waals surface area contributed by atoms with E-state index >= 15 is 0 Å². The van der Waals surface area contributed by atoms with Crippen LogP contribution in [0, 0.1) is 5.92 Å². The van der Waals surface area contributed by atoms with Crippen LogP contribution in [0.2, 0.25) is 0 Å². The zero-order chi connectivity index (χ0) is 22.5. The Morgan fingerprint density at radius 2 is 2.00 bits per heavy atom. The highest BCUT2D eigenvalue weighted by Gasteiger charge is 2.37. The first-order valence-corrected chi connectivity index (χ1v) is 12.2. The van der Waals surface area contributed by atoms with Gasteiger partial charge in [-0.05, 0) is 42.4 Å². The van der Waals surface area contributed by atoms with Gasteiger partial charge in [0.25, 0.3) is 0 Å². The molecular formula is C22H27N5O4S. The van der Waals surface area contributed by atoms with Crippen LogP contribution in [0.15, 0.2) is 42.9 Å². The quantitative estimate of drug-likeness (QED) is 0.520. The largest absolute Gasteiger partial charge is 0.391 e. The summed E-state index contributed by atoms with van der Waals surface area (Å²) in [4.78, 5) is 9.01. The molecule has 1 aromatic carbocycles. The molecule has 0 amide bonds. The molecule has 9 nitrogen and oxygen atoms in total. The van der Waals surface area contributed by atoms with Gasteiger partial charge in [-0.1, -0.05) is 31.2 Å². The number of benzene rings is 1. The standard InChI is InChI=1S/C22H27N5O4S/c1-13-9-14-5-3-4-6-16(14)20(13)25-21-17-7-8-27(22(17)24-12-23-21)15-10-18(19(28)11-15)26-32(29,30)31-2/h3-8,12-13,15,18-20,26,28H,9-11H2,1-2H3,(H,23,24,25)/t13-,15+,18-,19-,20-/m1/s1. The highest BCUT2D eigenvalue weighted by atomic mass is 32.2. The monoisotopic (exact) mass is 457 g/mol. The SMILES string of the molecule is COS(=O)(=O)N[C@@H]1C[C@H](n2ccc3c(N[C@H]4c5ccccc5C[C@H]4C)ncnc32)C[C@H]1O. The van der Waals surface area contributed by atoms with Gasteiger partial charge in [0.15, 0.2) is 0 Å². The molecule has 2 aromatic heterocycles. The minimum atomic E-state index is -3.88. The minimum Gasteiger partial charge on any atom is -0.391 e. The van der Waals surface area contributed by atoms with E-state index in [9.17, 15) is 13.5 Å². The topological polar surface area (TPSA) is 118 Å². The Kier molecular flexibility index (Phi) is 5.40. The lowest BCUT2D eigenvalue weighted by molar-refractivity contribution is 0.154. The average Bonchev–Trinajstić information content (AvgIpc) is 3.44. The van der Waals surface area contributed by atoms with Crippen LogP contribution in [-0.2, 0) is 20.9 Å². The number of aliphatic hydroxyl groups excluding tert-OH is 1. The van der Waals surface area contributed by atoms with Crippen LogP contribution in [0.5, 0.6) is 0 Å². The summed E-state index contributed by atoms with van der Waals surface area (Å²) < 4.78 is 32.4. The maximum Gasteiger partial charge on any atom is 0.335 e. The van der Waals surface area contributed by atoms with Crippen molar-refractivity contribution in [2.24, 2.45) is 5.92 Å². The van der Waals surface area contributed by atoms with Crippen molar-refractivity contribution in [3.8, 4) is 0 Å². The first kappa shape index (κ1) is 21.3. The van der Waals surface area contributed by atoms with Crippen molar-refractivity contribution in [2.75, 3.05) is 12.4 Å². The van der Waals surface area contributed by atoms with E-state index < -0.39 is 22.4 Å². The van der Waals surface area contributed by atoms with Crippen molar-refractivity contribution in [2.45, 2.75) is 50.4 Å². The Morgan fingerprint density at radius 1 is 1.19 bits per heavy atom. The number of hydrogen-bond donors (Lipinski definition) is 3. The van der Waals surface area contributed by atoms with Gasteiger partial charge in [-0.3, -0.25) is 4.18 Å². The number of nitrogens with one attached hydrogen (secondary N) is 2. The van der Waals surface area contributed by atoms with E-state index in [2.05, 4.69) is 55.4 Å². The van der Waals surface area contributed by atoms with Gasteiger partial charge in [-0.15, -0.1) is 0 Å². The molecule has 0 saturated heterocycles. The second kappa shape index (κ2) is 8.11. The summed E-state index contributed by atoms with van der Waals surface area (Å²) in [5, 5.41) is 14.9. The van der Waals surface area contributed by atoms with Crippen molar-refractivity contribution >= 4 is 27.2 Å². The van der Waals surface area contributed by atoms with Gasteiger partial charge in [0.2, 0.25) is 0 Å². The molecule has 5 atom stereocenters. The van der Waals surface area contributed by atoms with Crippen molar-refractivity contribution in [3.63, 3.8) is 0 Å². The Hall–Kier alpha value is -2.53. The Morgan fingerprint density at radius 3 is 2.81 bits per heavy atom. The van der Waals surface area contributed by atoms with E-state index in [-0.39, 0.29) is 12.1 Å². The van der Waals surface area contributed by atoms with Crippen LogP contribution in [0.3, 0.4) is 0 Å². The maximum absolute atomic E-state index is 11.7. The number of fused-ring (bicyclic) bond motifs is 2. The number of nitrogens with zero attached hydrogens (tertiary/aromatic N) is 3. The third-order valence-corrected chi connectivity index (χ3v) is 7.75. The molecule has 0 radical (unpaired) electrons. The van der Waals surface area contributed by atoms with E-state index in [0.717, 1.165) is 30.4 Å². The van der Waals surface area contributed by atoms with Crippen LogP contribution in [0.4, 0.5) is 5.82 Å². The van der Waals surface area contributed by atoms with Crippen LogP contribution in [0.25, 0.3) is 11.0 Å². The highest BCUT2D eigenvalue weighted by molar-refractivity contribution is 7.84. The first-order chi connectivity index (χ1) is 15.4. The molecule has 1 fully saturated rings. The number of aromatic nitrogens is 3. The fraction of sp³-hybridized carbons (Fsp3) is 0.455. The first-order valence-electron chi connectivity index (χ1n) is 10.8. The molecule has 3 N–H and O–H groups in total. The lowest BCUT2D eigenvalue weighted by Gasteiger charge is -2.20. The number of hydrogen-bond acceptors (Lipinski definition) is 7. The van der Waals surface area contributed by atoms with Gasteiger partial charge in [0, 0.05) is 12.2 Å². The van der Waals surface area contributed by atoms with Gasteiger partial charge in [0.05, 0.1) is 30.7 Å². The fourth-order valence-corrected chi connectivity index (χ4v) is 5.84. The summed E-state index contributed by atoms with van der Waals surface area (Å²) >= 11 is 0. The predicted octanol–water partition coefficient (Wildman–Crippen LogP) is 2.32. The van der Waals surface area contributed by atoms with Crippen LogP contribution >= 0.6 is 0 Å². The maximum atomic E-state index is 11.7. The van der Waals surface area contributed by atoms with Gasteiger partial charge < -0.3 is 15.0 Å². The number of aliphatic hydroxyl groups is 1. The van der Waals surface area contributed by atoms with Crippen molar-refractivity contribution in [3.05, 3.63) is 54.0 Å². The van der Waals surface area contributed by atoms with E-state index in [1.807, 2.05) is 16.8 Å². The summed E-state index contributed by atoms with van der Waals surface area (Å²) in [6, 6.07) is 9.93. The van der Waals surface area contributed by atoms with Crippen LogP contribution in [0.1, 0.15) is 43.0 Å². The third-order valence-electron chi connectivity index (χ3n) is 6.72. The summed E-state index contributed by atoms with van der Waals surface area (Å²) in [7, 11) is -2.78. The zero-order valence-corrected chi connectivity index (χ0v) is 18.8. The molecule has 3 aromatic rings. The molecule has 0 aliphatic heterocycles. The van der Waals surface area contributed by atoms with Crippen molar-refractivity contribution < 1.29 is 17.7 Å². The molecule has 170 valence electrons. The summed E-state index contributed by atoms with van der Waals surface area (Å²) in [5.41, 5.74) is 3.43. The molecule has 1 saturated carbocycles. The Labute approximate surface area is 187 Å². The summed E-state index contributed by atoms with van der Waals surface area (Å²) in [6.07, 6.45) is 4.55. The van der Waals surface area contributed by atoms with Gasteiger partial charge >= 0.3 is 10.3 Å². The molecule has 5 rings (SSSR count). The highest BCUT2D eigenvalue weighted by Crippen LogP contribution is 2.39. The molecule has 32 heavy (non-hydrogen) atoms. The number of anilines is 1. The smallest absolute Gasteiger partial charge is 0.335 e. The Bertz CT molecular complexity index is 1240. The molecule has 2 aliphatic carbocycles. The van der Waals surface area contributed by atoms with Gasteiger partial charge in [-0.25, -0.2) is 9.97 Å².